The number of methoxy groups -OCH3 is 1. The van der Waals surface area contributed by atoms with E-state index in [2.05, 4.69) is 10.9 Å². The number of halogens is 1. The topological polar surface area (TPSA) is 93.7 Å². The molecule has 7 nitrogen and oxygen atoms in total. The summed E-state index contributed by atoms with van der Waals surface area (Å²) in [5, 5.41) is 0.368. The van der Waals surface area contributed by atoms with Crippen LogP contribution in [-0.4, -0.2) is 43.0 Å². The first kappa shape index (κ1) is 19.1. The molecule has 0 fully saturated rings. The first-order chi connectivity index (χ1) is 11.0. The highest BCUT2D eigenvalue weighted by Gasteiger charge is 2.14. The molecule has 0 atom stereocenters. The number of benzene rings is 1. The third-order valence-corrected chi connectivity index (χ3v) is 3.62. The SMILES string of the molecule is CCOC(=O)CSCC(=O)NNC(=O)c1cc(Cl)ccc1OC. The number of amides is 2. The van der Waals surface area contributed by atoms with Gasteiger partial charge in [-0.15, -0.1) is 11.8 Å². The molecule has 0 saturated heterocycles. The minimum Gasteiger partial charge on any atom is -0.496 e. The average Bonchev–Trinajstić information content (AvgIpc) is 2.52. The molecule has 0 unspecified atom stereocenters. The zero-order valence-corrected chi connectivity index (χ0v) is 14.3. The second-order valence-electron chi connectivity index (χ2n) is 4.14. The number of carbonyl (C=O) groups excluding carboxylic acids is 3. The molecule has 126 valence electrons. The Morgan fingerprint density at radius 3 is 2.61 bits per heavy atom. The van der Waals surface area contributed by atoms with Crippen molar-refractivity contribution in [3.63, 3.8) is 0 Å². The van der Waals surface area contributed by atoms with Crippen LogP contribution in [0.25, 0.3) is 0 Å². The third-order valence-electron chi connectivity index (χ3n) is 2.48. The Hall–Kier alpha value is -1.93. The lowest BCUT2D eigenvalue weighted by Gasteiger charge is -2.10. The Morgan fingerprint density at radius 2 is 1.96 bits per heavy atom. The Balaban J connectivity index is 2.42. The summed E-state index contributed by atoms with van der Waals surface area (Å²) in [4.78, 5) is 34.7. The van der Waals surface area contributed by atoms with Crippen LogP contribution in [0.3, 0.4) is 0 Å². The summed E-state index contributed by atoms with van der Waals surface area (Å²) < 4.78 is 9.78. The van der Waals surface area contributed by atoms with Gasteiger partial charge in [-0.2, -0.15) is 0 Å². The van der Waals surface area contributed by atoms with Crippen molar-refractivity contribution in [3.05, 3.63) is 28.8 Å². The summed E-state index contributed by atoms with van der Waals surface area (Å²) in [6.07, 6.45) is 0. The van der Waals surface area contributed by atoms with Crippen LogP contribution in [0.2, 0.25) is 5.02 Å². The lowest BCUT2D eigenvalue weighted by molar-refractivity contribution is -0.139. The van der Waals surface area contributed by atoms with E-state index in [1.54, 1.807) is 19.1 Å². The number of hydrazine groups is 1. The zero-order valence-electron chi connectivity index (χ0n) is 12.7. The summed E-state index contributed by atoms with van der Waals surface area (Å²) in [6, 6.07) is 4.56. The number of rotatable bonds is 7. The first-order valence-electron chi connectivity index (χ1n) is 6.64. The Morgan fingerprint density at radius 1 is 1.22 bits per heavy atom. The van der Waals surface area contributed by atoms with Crippen LogP contribution in [0.15, 0.2) is 18.2 Å². The molecule has 0 aliphatic carbocycles. The van der Waals surface area contributed by atoms with Gasteiger partial charge in [-0.05, 0) is 25.1 Å². The van der Waals surface area contributed by atoms with E-state index in [1.165, 1.54) is 13.2 Å². The molecule has 0 heterocycles. The van der Waals surface area contributed by atoms with E-state index < -0.39 is 17.8 Å². The van der Waals surface area contributed by atoms with Crippen molar-refractivity contribution < 1.29 is 23.9 Å². The molecule has 0 aliphatic rings. The number of carbonyl (C=O) groups is 3. The standard InChI is InChI=1S/C14H17ClN2O5S/c1-3-22-13(19)8-23-7-12(18)16-17-14(20)10-6-9(15)4-5-11(10)21-2/h4-6H,3,7-8H2,1-2H3,(H,16,18)(H,17,20). The Bertz CT molecular complexity index is 582. The van der Waals surface area contributed by atoms with Crippen molar-refractivity contribution in [2.45, 2.75) is 6.92 Å². The number of nitrogens with one attached hydrogen (secondary N) is 2. The predicted molar refractivity (Wildman–Crippen MR) is 87.6 cm³/mol. The maximum atomic E-state index is 12.0. The quantitative estimate of drug-likeness (QED) is 0.564. The molecule has 0 spiro atoms. The van der Waals surface area contributed by atoms with Gasteiger partial charge >= 0.3 is 5.97 Å². The van der Waals surface area contributed by atoms with Crippen LogP contribution in [0.4, 0.5) is 0 Å². The molecule has 1 aromatic rings. The Kier molecular flexibility index (Phi) is 8.28. The monoisotopic (exact) mass is 360 g/mol. The molecular formula is C14H17ClN2O5S. The first-order valence-corrected chi connectivity index (χ1v) is 8.17. The molecule has 9 heteroatoms. The van der Waals surface area contributed by atoms with Gasteiger partial charge in [0.05, 0.1) is 30.8 Å². The lowest BCUT2D eigenvalue weighted by atomic mass is 10.2. The van der Waals surface area contributed by atoms with E-state index in [9.17, 15) is 14.4 Å². The van der Waals surface area contributed by atoms with Gasteiger partial charge in [0.1, 0.15) is 5.75 Å². The van der Waals surface area contributed by atoms with E-state index in [1.807, 2.05) is 0 Å². The highest BCUT2D eigenvalue weighted by Crippen LogP contribution is 2.22. The van der Waals surface area contributed by atoms with Crippen molar-refractivity contribution in [2.75, 3.05) is 25.2 Å². The molecule has 0 radical (unpaired) electrons. The fourth-order valence-corrected chi connectivity index (χ4v) is 2.30. The maximum absolute atomic E-state index is 12.0. The number of esters is 1. The van der Waals surface area contributed by atoms with Gasteiger partial charge in [0.25, 0.3) is 5.91 Å². The number of hydrogen-bond acceptors (Lipinski definition) is 6. The molecule has 2 N–H and O–H groups in total. The smallest absolute Gasteiger partial charge is 0.315 e. The molecule has 0 bridgehead atoms. The summed E-state index contributed by atoms with van der Waals surface area (Å²) in [5.41, 5.74) is 4.70. The molecule has 1 aromatic carbocycles. The minimum absolute atomic E-state index is 0.00573. The van der Waals surface area contributed by atoms with Crippen molar-refractivity contribution in [1.82, 2.24) is 10.9 Å². The van der Waals surface area contributed by atoms with E-state index in [0.29, 0.717) is 17.4 Å². The predicted octanol–water partition coefficient (Wildman–Crippen LogP) is 1.41. The van der Waals surface area contributed by atoms with E-state index in [0.717, 1.165) is 11.8 Å². The molecule has 0 saturated carbocycles. The zero-order chi connectivity index (χ0) is 17.2. The van der Waals surface area contributed by atoms with Crippen LogP contribution in [0, 0.1) is 0 Å². The highest BCUT2D eigenvalue weighted by molar-refractivity contribution is 8.00. The van der Waals surface area contributed by atoms with Crippen LogP contribution in [-0.2, 0) is 14.3 Å². The van der Waals surface area contributed by atoms with Crippen molar-refractivity contribution in [3.8, 4) is 5.75 Å². The number of thioether (sulfide) groups is 1. The van der Waals surface area contributed by atoms with E-state index in [4.69, 9.17) is 21.1 Å². The molecular weight excluding hydrogens is 344 g/mol. The van der Waals surface area contributed by atoms with Crippen molar-refractivity contribution >= 4 is 41.1 Å². The lowest BCUT2D eigenvalue weighted by Crippen LogP contribution is -2.42. The fraction of sp³-hybridized carbons (Fsp3) is 0.357. The maximum Gasteiger partial charge on any atom is 0.315 e. The van der Waals surface area contributed by atoms with Gasteiger partial charge in [0.15, 0.2) is 0 Å². The summed E-state index contributed by atoms with van der Waals surface area (Å²) in [7, 11) is 1.42. The van der Waals surface area contributed by atoms with Gasteiger partial charge in [0, 0.05) is 5.02 Å². The van der Waals surface area contributed by atoms with Gasteiger partial charge in [-0.1, -0.05) is 11.6 Å². The van der Waals surface area contributed by atoms with Gasteiger partial charge in [0.2, 0.25) is 5.91 Å². The largest absolute Gasteiger partial charge is 0.496 e. The Labute approximate surface area is 143 Å². The van der Waals surface area contributed by atoms with E-state index >= 15 is 0 Å². The fourth-order valence-electron chi connectivity index (χ4n) is 1.52. The highest BCUT2D eigenvalue weighted by atomic mass is 35.5. The number of hydrogen-bond donors (Lipinski definition) is 2. The molecule has 0 aromatic heterocycles. The second kappa shape index (κ2) is 9.96. The molecule has 23 heavy (non-hydrogen) atoms. The van der Waals surface area contributed by atoms with Crippen LogP contribution >= 0.6 is 23.4 Å². The van der Waals surface area contributed by atoms with Gasteiger partial charge in [-0.3, -0.25) is 25.2 Å². The van der Waals surface area contributed by atoms with Crippen molar-refractivity contribution in [2.24, 2.45) is 0 Å². The summed E-state index contributed by atoms with van der Waals surface area (Å²) in [5.74, 6) is -0.999. The second-order valence-corrected chi connectivity index (χ2v) is 5.57. The van der Waals surface area contributed by atoms with Crippen LogP contribution in [0.5, 0.6) is 5.75 Å². The van der Waals surface area contributed by atoms with Gasteiger partial charge in [-0.25, -0.2) is 0 Å². The van der Waals surface area contributed by atoms with Crippen LogP contribution < -0.4 is 15.6 Å². The van der Waals surface area contributed by atoms with Crippen molar-refractivity contribution in [1.29, 1.82) is 0 Å². The summed E-state index contributed by atoms with van der Waals surface area (Å²) in [6.45, 7) is 2.00. The molecule has 2 amide bonds. The van der Waals surface area contributed by atoms with Gasteiger partial charge < -0.3 is 9.47 Å². The third kappa shape index (κ3) is 6.79. The number of ether oxygens (including phenoxy) is 2. The van der Waals surface area contributed by atoms with E-state index in [-0.39, 0.29) is 17.1 Å². The minimum atomic E-state index is -0.562. The summed E-state index contributed by atoms with van der Waals surface area (Å²) >= 11 is 6.92. The molecule has 0 aliphatic heterocycles. The van der Waals surface area contributed by atoms with Crippen LogP contribution in [0.1, 0.15) is 17.3 Å². The molecule has 1 rings (SSSR count). The normalized spacial score (nSPS) is 9.87. The average molecular weight is 361 g/mol.